The number of imidazole rings is 1. The van der Waals surface area contributed by atoms with E-state index in [1.54, 1.807) is 36.0 Å². The molecule has 0 aliphatic heterocycles. The van der Waals surface area contributed by atoms with Gasteiger partial charge in [0, 0.05) is 12.6 Å². The molecule has 17 heavy (non-hydrogen) atoms. The molecule has 0 spiro atoms. The molecule has 0 atom stereocenters. The lowest BCUT2D eigenvalue weighted by molar-refractivity contribution is -0.137. The largest absolute Gasteiger partial charge is 0.460 e. The molecule has 0 bridgehead atoms. The average molecular weight is 232 g/mol. The van der Waals surface area contributed by atoms with Gasteiger partial charge in [-0.3, -0.25) is 4.79 Å². The molecule has 5 nitrogen and oxygen atoms in total. The highest BCUT2D eigenvalue weighted by molar-refractivity contribution is 6.40. The smallest absolute Gasteiger partial charge is 0.379 e. The first-order chi connectivity index (χ1) is 8.13. The van der Waals surface area contributed by atoms with Gasteiger partial charge >= 0.3 is 5.97 Å². The Kier molecular flexibility index (Phi) is 2.91. The van der Waals surface area contributed by atoms with E-state index in [1.165, 1.54) is 0 Å². The Bertz CT molecular complexity index is 586. The van der Waals surface area contributed by atoms with Crippen LogP contribution in [0.4, 0.5) is 0 Å². The maximum absolute atomic E-state index is 11.7. The van der Waals surface area contributed by atoms with Crippen LogP contribution in [0.25, 0.3) is 11.0 Å². The van der Waals surface area contributed by atoms with Gasteiger partial charge in [-0.05, 0) is 25.1 Å². The number of Topliss-reactive ketones (excluding diaryl/α,β-unsaturated/α-hetero) is 1. The van der Waals surface area contributed by atoms with E-state index < -0.39 is 11.8 Å². The van der Waals surface area contributed by atoms with Crippen LogP contribution in [-0.4, -0.2) is 27.9 Å². The third-order valence-corrected chi connectivity index (χ3v) is 2.45. The van der Waals surface area contributed by atoms with Crippen LogP contribution < -0.4 is 0 Å². The van der Waals surface area contributed by atoms with Gasteiger partial charge in [0.15, 0.2) is 0 Å². The van der Waals surface area contributed by atoms with Crippen LogP contribution in [0.1, 0.15) is 17.3 Å². The normalized spacial score (nSPS) is 10.5. The van der Waals surface area contributed by atoms with E-state index in [-0.39, 0.29) is 6.61 Å². The van der Waals surface area contributed by atoms with Crippen molar-refractivity contribution in [3.63, 3.8) is 0 Å². The lowest BCUT2D eigenvalue weighted by atomic mass is 10.1. The lowest BCUT2D eigenvalue weighted by Gasteiger charge is -2.01. The first-order valence-electron chi connectivity index (χ1n) is 5.26. The number of carbonyl (C=O) groups is 2. The summed E-state index contributed by atoms with van der Waals surface area (Å²) in [5.41, 5.74) is 1.91. The Hall–Kier alpha value is -2.17. The Morgan fingerprint density at radius 3 is 2.88 bits per heavy atom. The summed E-state index contributed by atoms with van der Waals surface area (Å²) in [4.78, 5) is 27.2. The molecule has 1 heterocycles. The standard InChI is InChI=1S/C12H12N2O3/c1-3-17-12(16)11(15)8-4-5-9-10(6-8)14(2)7-13-9/h4-7H,3H2,1-2H3. The third-order valence-electron chi connectivity index (χ3n) is 2.45. The summed E-state index contributed by atoms with van der Waals surface area (Å²) < 4.78 is 6.46. The van der Waals surface area contributed by atoms with Crippen molar-refractivity contribution in [2.45, 2.75) is 6.92 Å². The van der Waals surface area contributed by atoms with Crippen LogP contribution in [0.2, 0.25) is 0 Å². The van der Waals surface area contributed by atoms with E-state index in [0.29, 0.717) is 5.56 Å². The van der Waals surface area contributed by atoms with E-state index in [4.69, 9.17) is 0 Å². The number of aryl methyl sites for hydroxylation is 1. The predicted molar refractivity (Wildman–Crippen MR) is 61.7 cm³/mol. The lowest BCUT2D eigenvalue weighted by Crippen LogP contribution is -2.17. The molecule has 0 N–H and O–H groups in total. The summed E-state index contributed by atoms with van der Waals surface area (Å²) in [7, 11) is 1.83. The van der Waals surface area contributed by atoms with Crippen LogP contribution in [0.15, 0.2) is 24.5 Å². The number of benzene rings is 1. The number of esters is 1. The molecule has 5 heteroatoms. The summed E-state index contributed by atoms with van der Waals surface area (Å²) in [5, 5.41) is 0. The van der Waals surface area contributed by atoms with Gasteiger partial charge in [0.2, 0.25) is 0 Å². The Labute approximate surface area is 98.0 Å². The monoisotopic (exact) mass is 232 g/mol. The van der Waals surface area contributed by atoms with Crippen LogP contribution in [-0.2, 0) is 16.6 Å². The van der Waals surface area contributed by atoms with Crippen molar-refractivity contribution in [2.24, 2.45) is 7.05 Å². The quantitative estimate of drug-likeness (QED) is 0.455. The van der Waals surface area contributed by atoms with E-state index in [1.807, 2.05) is 7.05 Å². The maximum atomic E-state index is 11.7. The van der Waals surface area contributed by atoms with Gasteiger partial charge in [0.1, 0.15) is 0 Å². The number of hydrogen-bond donors (Lipinski definition) is 0. The second-order valence-electron chi connectivity index (χ2n) is 3.61. The zero-order chi connectivity index (χ0) is 12.4. The molecule has 2 aromatic rings. The minimum absolute atomic E-state index is 0.193. The van der Waals surface area contributed by atoms with Crippen molar-refractivity contribution in [1.29, 1.82) is 0 Å². The van der Waals surface area contributed by atoms with E-state index in [2.05, 4.69) is 9.72 Å². The number of rotatable bonds is 3. The van der Waals surface area contributed by atoms with Crippen LogP contribution in [0, 0.1) is 0 Å². The fraction of sp³-hybridized carbons (Fsp3) is 0.250. The Morgan fingerprint density at radius 1 is 1.41 bits per heavy atom. The van der Waals surface area contributed by atoms with Gasteiger partial charge in [-0.15, -0.1) is 0 Å². The number of ether oxygens (including phenoxy) is 1. The molecule has 88 valence electrons. The second kappa shape index (κ2) is 4.37. The third kappa shape index (κ3) is 2.04. The summed E-state index contributed by atoms with van der Waals surface area (Å²) >= 11 is 0. The first kappa shape index (κ1) is 11.3. The van der Waals surface area contributed by atoms with Crippen molar-refractivity contribution in [2.75, 3.05) is 6.61 Å². The highest BCUT2D eigenvalue weighted by Gasteiger charge is 2.18. The number of hydrogen-bond acceptors (Lipinski definition) is 4. The molecule has 1 aromatic heterocycles. The minimum atomic E-state index is -0.825. The molecule has 1 aromatic carbocycles. The van der Waals surface area contributed by atoms with Gasteiger partial charge < -0.3 is 9.30 Å². The second-order valence-corrected chi connectivity index (χ2v) is 3.61. The van der Waals surface area contributed by atoms with Crippen molar-refractivity contribution < 1.29 is 14.3 Å². The first-order valence-corrected chi connectivity index (χ1v) is 5.26. The van der Waals surface area contributed by atoms with E-state index in [0.717, 1.165) is 11.0 Å². The van der Waals surface area contributed by atoms with Crippen molar-refractivity contribution in [1.82, 2.24) is 9.55 Å². The zero-order valence-corrected chi connectivity index (χ0v) is 9.64. The van der Waals surface area contributed by atoms with Gasteiger partial charge in [-0.1, -0.05) is 0 Å². The molecule has 0 amide bonds. The fourth-order valence-electron chi connectivity index (χ4n) is 1.58. The number of carbonyl (C=O) groups excluding carboxylic acids is 2. The van der Waals surface area contributed by atoms with E-state index >= 15 is 0 Å². The number of fused-ring (bicyclic) bond motifs is 1. The Morgan fingerprint density at radius 2 is 2.18 bits per heavy atom. The van der Waals surface area contributed by atoms with Crippen LogP contribution >= 0.6 is 0 Å². The molecule has 0 saturated heterocycles. The number of aromatic nitrogens is 2. The average Bonchev–Trinajstić information content (AvgIpc) is 2.70. The van der Waals surface area contributed by atoms with Crippen LogP contribution in [0.5, 0.6) is 0 Å². The van der Waals surface area contributed by atoms with Gasteiger partial charge in [-0.2, -0.15) is 0 Å². The van der Waals surface area contributed by atoms with Gasteiger partial charge in [0.25, 0.3) is 5.78 Å². The molecule has 2 rings (SSSR count). The SMILES string of the molecule is CCOC(=O)C(=O)c1ccc2ncn(C)c2c1. The topological polar surface area (TPSA) is 61.2 Å². The molecule has 0 radical (unpaired) electrons. The molecule has 0 aliphatic rings. The van der Waals surface area contributed by atoms with Crippen molar-refractivity contribution in [3.8, 4) is 0 Å². The number of ketones is 1. The van der Waals surface area contributed by atoms with Crippen molar-refractivity contribution >= 4 is 22.8 Å². The molecular formula is C12H12N2O3. The van der Waals surface area contributed by atoms with Gasteiger partial charge in [-0.25, -0.2) is 9.78 Å². The maximum Gasteiger partial charge on any atom is 0.379 e. The summed E-state index contributed by atoms with van der Waals surface area (Å²) in [6.45, 7) is 1.86. The van der Waals surface area contributed by atoms with Crippen LogP contribution in [0.3, 0.4) is 0 Å². The molecule has 0 saturated carbocycles. The molecule has 0 unspecified atom stereocenters. The highest BCUT2D eigenvalue weighted by atomic mass is 16.5. The molecular weight excluding hydrogens is 220 g/mol. The summed E-state index contributed by atoms with van der Waals surface area (Å²) in [6, 6.07) is 4.93. The fourth-order valence-corrected chi connectivity index (χ4v) is 1.58. The highest BCUT2D eigenvalue weighted by Crippen LogP contribution is 2.14. The molecule has 0 fully saturated rings. The zero-order valence-electron chi connectivity index (χ0n) is 9.64. The minimum Gasteiger partial charge on any atom is -0.460 e. The number of nitrogens with zero attached hydrogens (tertiary/aromatic N) is 2. The van der Waals surface area contributed by atoms with Gasteiger partial charge in [0.05, 0.1) is 24.0 Å². The van der Waals surface area contributed by atoms with Crippen molar-refractivity contribution in [3.05, 3.63) is 30.1 Å². The summed E-state index contributed by atoms with van der Waals surface area (Å²) in [5.74, 6) is -1.45. The summed E-state index contributed by atoms with van der Waals surface area (Å²) in [6.07, 6.45) is 1.66. The predicted octanol–water partition coefficient (Wildman–Crippen LogP) is 1.32. The Balaban J connectivity index is 2.39. The molecule has 0 aliphatic carbocycles. The van der Waals surface area contributed by atoms with E-state index in [9.17, 15) is 9.59 Å².